The fourth-order valence-corrected chi connectivity index (χ4v) is 4.30. The predicted octanol–water partition coefficient (Wildman–Crippen LogP) is 4.41. The van der Waals surface area contributed by atoms with E-state index in [-0.39, 0.29) is 0 Å². The van der Waals surface area contributed by atoms with Gasteiger partial charge in [-0.25, -0.2) is 9.50 Å². The van der Waals surface area contributed by atoms with Crippen molar-refractivity contribution in [2.24, 2.45) is 5.92 Å². The van der Waals surface area contributed by atoms with E-state index in [1.54, 1.807) is 10.7 Å². The number of aromatic nitrogens is 5. The Balaban J connectivity index is 1.36. The summed E-state index contributed by atoms with van der Waals surface area (Å²) in [6.45, 7) is 1.05. The third kappa shape index (κ3) is 2.34. The van der Waals surface area contributed by atoms with Gasteiger partial charge in [-0.05, 0) is 54.7 Å². The zero-order valence-electron chi connectivity index (χ0n) is 14.2. The monoisotopic (exact) mass is 363 g/mol. The number of hydrogen-bond acceptors (Lipinski definition) is 3. The van der Waals surface area contributed by atoms with Gasteiger partial charge in [-0.3, -0.25) is 4.68 Å². The lowest BCUT2D eigenvalue weighted by Crippen LogP contribution is -2.01. The van der Waals surface area contributed by atoms with Gasteiger partial charge in [0.25, 0.3) is 0 Å². The van der Waals surface area contributed by atoms with Crippen molar-refractivity contribution in [2.45, 2.75) is 37.6 Å². The molecule has 2 fully saturated rings. The first-order chi connectivity index (χ1) is 12.8. The molecule has 0 N–H and O–H groups in total. The summed E-state index contributed by atoms with van der Waals surface area (Å²) < 4.78 is 3.96. The molecule has 1 aromatic carbocycles. The van der Waals surface area contributed by atoms with Crippen molar-refractivity contribution in [3.63, 3.8) is 0 Å². The van der Waals surface area contributed by atoms with Crippen LogP contribution in [-0.4, -0.2) is 24.4 Å². The average Bonchev–Trinajstić information content (AvgIpc) is 3.53. The highest BCUT2D eigenvalue weighted by molar-refractivity contribution is 6.29. The van der Waals surface area contributed by atoms with Crippen LogP contribution in [0.25, 0.3) is 16.6 Å². The molecule has 130 valence electrons. The quantitative estimate of drug-likeness (QED) is 0.539. The highest BCUT2D eigenvalue weighted by Gasteiger charge is 2.41. The normalized spacial score (nSPS) is 22.3. The molecule has 26 heavy (non-hydrogen) atoms. The van der Waals surface area contributed by atoms with Gasteiger partial charge in [0.05, 0.1) is 11.7 Å². The Labute approximate surface area is 155 Å². The topological polar surface area (TPSA) is 48.0 Å². The van der Waals surface area contributed by atoms with Gasteiger partial charge in [-0.15, -0.1) is 0 Å². The maximum atomic E-state index is 6.21. The van der Waals surface area contributed by atoms with Crippen molar-refractivity contribution >= 4 is 28.2 Å². The molecule has 0 aliphatic heterocycles. The van der Waals surface area contributed by atoms with Gasteiger partial charge >= 0.3 is 0 Å². The van der Waals surface area contributed by atoms with Gasteiger partial charge in [-0.2, -0.15) is 10.2 Å². The van der Waals surface area contributed by atoms with Crippen LogP contribution in [0.2, 0.25) is 5.15 Å². The molecule has 0 radical (unpaired) electrons. The van der Waals surface area contributed by atoms with Gasteiger partial charge in [0.1, 0.15) is 5.15 Å². The van der Waals surface area contributed by atoms with Crippen molar-refractivity contribution in [3.8, 4) is 0 Å². The van der Waals surface area contributed by atoms with Crippen LogP contribution >= 0.6 is 11.6 Å². The molecule has 0 amide bonds. The van der Waals surface area contributed by atoms with Gasteiger partial charge < -0.3 is 0 Å². The van der Waals surface area contributed by atoms with E-state index in [1.165, 1.54) is 34.9 Å². The minimum absolute atomic E-state index is 0.456. The van der Waals surface area contributed by atoms with E-state index in [0.717, 1.165) is 24.5 Å². The number of halogens is 1. The summed E-state index contributed by atoms with van der Waals surface area (Å²) in [6.07, 6.45) is 9.43. The molecule has 2 saturated carbocycles. The van der Waals surface area contributed by atoms with Gasteiger partial charge in [-0.1, -0.05) is 23.7 Å². The Kier molecular flexibility index (Phi) is 3.00. The zero-order valence-corrected chi connectivity index (χ0v) is 15.0. The van der Waals surface area contributed by atoms with Crippen molar-refractivity contribution in [1.82, 2.24) is 24.4 Å². The summed E-state index contributed by atoms with van der Waals surface area (Å²) in [7, 11) is 0. The minimum atomic E-state index is 0.456. The summed E-state index contributed by atoms with van der Waals surface area (Å²) in [6, 6.07) is 8.77. The molecule has 6 rings (SSSR count). The van der Waals surface area contributed by atoms with Gasteiger partial charge in [0.15, 0.2) is 5.65 Å². The van der Waals surface area contributed by atoms with E-state index >= 15 is 0 Å². The van der Waals surface area contributed by atoms with Crippen LogP contribution in [-0.2, 0) is 6.54 Å². The lowest BCUT2D eigenvalue weighted by molar-refractivity contribution is 0.580. The largest absolute Gasteiger partial charge is 0.265 e. The molecule has 2 atom stereocenters. The second-order valence-electron chi connectivity index (χ2n) is 7.65. The third-order valence-corrected chi connectivity index (χ3v) is 5.96. The van der Waals surface area contributed by atoms with Crippen LogP contribution in [0.5, 0.6) is 0 Å². The third-order valence-electron chi connectivity index (χ3n) is 5.77. The first-order valence-corrected chi connectivity index (χ1v) is 9.59. The Morgan fingerprint density at radius 1 is 1.15 bits per heavy atom. The standard InChI is InChI=1S/C20H18ClN5/c21-19-9-17(20-22-5-6-25(20)24-19)16-8-15(16)13-3-4-14-10-23-26(18(14)7-13)11-12-1-2-12/h3-7,9-10,12,15-16H,1-2,8,11H2. The maximum Gasteiger partial charge on any atom is 0.157 e. The summed E-state index contributed by atoms with van der Waals surface area (Å²) in [4.78, 5) is 4.47. The lowest BCUT2D eigenvalue weighted by atomic mass is 10.0. The molecule has 0 spiro atoms. The van der Waals surface area contributed by atoms with Crippen LogP contribution in [0.4, 0.5) is 0 Å². The lowest BCUT2D eigenvalue weighted by Gasteiger charge is -2.06. The second kappa shape index (κ2) is 5.30. The second-order valence-corrected chi connectivity index (χ2v) is 8.04. The molecule has 3 aromatic heterocycles. The van der Waals surface area contributed by atoms with E-state index in [2.05, 4.69) is 38.1 Å². The van der Waals surface area contributed by atoms with Crippen molar-refractivity contribution in [3.05, 3.63) is 59.1 Å². The van der Waals surface area contributed by atoms with Crippen LogP contribution < -0.4 is 0 Å². The molecule has 6 heteroatoms. The van der Waals surface area contributed by atoms with Crippen LogP contribution in [0.3, 0.4) is 0 Å². The number of imidazole rings is 1. The predicted molar refractivity (Wildman–Crippen MR) is 101 cm³/mol. The summed E-state index contributed by atoms with van der Waals surface area (Å²) in [5.41, 5.74) is 4.77. The molecule has 0 saturated heterocycles. The Morgan fingerprint density at radius 3 is 2.96 bits per heavy atom. The number of hydrogen-bond donors (Lipinski definition) is 0. The van der Waals surface area contributed by atoms with E-state index in [1.807, 2.05) is 18.5 Å². The fraction of sp³-hybridized carbons (Fsp3) is 0.350. The molecule has 3 heterocycles. The number of fused-ring (bicyclic) bond motifs is 2. The molecule has 2 aliphatic rings. The van der Waals surface area contributed by atoms with E-state index < -0.39 is 0 Å². The SMILES string of the molecule is Clc1cc(C2CC2c2ccc3cnn(CC4CC4)c3c2)c2nccn2n1. The number of benzene rings is 1. The fourth-order valence-electron chi connectivity index (χ4n) is 4.10. The molecule has 4 aromatic rings. The summed E-state index contributed by atoms with van der Waals surface area (Å²) in [5.74, 6) is 1.79. The molecular weight excluding hydrogens is 346 g/mol. The van der Waals surface area contributed by atoms with E-state index in [0.29, 0.717) is 17.0 Å². The molecule has 0 bridgehead atoms. The van der Waals surface area contributed by atoms with Crippen LogP contribution in [0, 0.1) is 5.92 Å². The first-order valence-electron chi connectivity index (χ1n) is 9.21. The molecular formula is C20H18ClN5. The maximum absolute atomic E-state index is 6.21. The zero-order chi connectivity index (χ0) is 17.3. The van der Waals surface area contributed by atoms with Crippen molar-refractivity contribution in [1.29, 1.82) is 0 Å². The Morgan fingerprint density at radius 2 is 2.08 bits per heavy atom. The smallest absolute Gasteiger partial charge is 0.157 e. The van der Waals surface area contributed by atoms with Gasteiger partial charge in [0, 0.05) is 29.9 Å². The average molecular weight is 364 g/mol. The minimum Gasteiger partial charge on any atom is -0.265 e. The Hall–Kier alpha value is -2.40. The van der Waals surface area contributed by atoms with Crippen LogP contribution in [0.15, 0.2) is 42.9 Å². The van der Waals surface area contributed by atoms with Crippen LogP contribution in [0.1, 0.15) is 42.2 Å². The van der Waals surface area contributed by atoms with Crippen molar-refractivity contribution in [2.75, 3.05) is 0 Å². The first kappa shape index (κ1) is 14.7. The van der Waals surface area contributed by atoms with E-state index in [9.17, 15) is 0 Å². The van der Waals surface area contributed by atoms with Gasteiger partial charge in [0.2, 0.25) is 0 Å². The Bertz CT molecular complexity index is 1140. The summed E-state index contributed by atoms with van der Waals surface area (Å²) in [5, 5.41) is 10.6. The molecule has 2 aliphatic carbocycles. The number of nitrogens with zero attached hydrogens (tertiary/aromatic N) is 5. The number of rotatable bonds is 4. The summed E-state index contributed by atoms with van der Waals surface area (Å²) >= 11 is 6.21. The molecule has 5 nitrogen and oxygen atoms in total. The van der Waals surface area contributed by atoms with E-state index in [4.69, 9.17) is 11.6 Å². The van der Waals surface area contributed by atoms with Crippen molar-refractivity contribution < 1.29 is 0 Å². The highest BCUT2D eigenvalue weighted by Crippen LogP contribution is 2.55. The molecule has 2 unspecified atom stereocenters. The highest BCUT2D eigenvalue weighted by atomic mass is 35.5.